The van der Waals surface area contributed by atoms with Crippen molar-refractivity contribution in [3.63, 3.8) is 0 Å². The number of amides is 1. The van der Waals surface area contributed by atoms with Crippen LogP contribution in [0.15, 0.2) is 18.2 Å². The summed E-state index contributed by atoms with van der Waals surface area (Å²) in [5.74, 6) is 0.0997. The quantitative estimate of drug-likeness (QED) is 0.509. The maximum absolute atomic E-state index is 11.8. The van der Waals surface area contributed by atoms with E-state index in [4.69, 9.17) is 5.73 Å². The van der Waals surface area contributed by atoms with Gasteiger partial charge in [-0.15, -0.1) is 0 Å². The molecule has 0 saturated carbocycles. The van der Waals surface area contributed by atoms with Crippen molar-refractivity contribution in [3.8, 4) is 0 Å². The average molecular weight is 276 g/mol. The largest absolute Gasteiger partial charge is 0.399 e. The van der Waals surface area contributed by atoms with E-state index in [1.807, 2.05) is 25.1 Å². The zero-order valence-electron chi connectivity index (χ0n) is 12.9. The third kappa shape index (κ3) is 6.60. The Labute approximate surface area is 122 Å². The molecule has 0 saturated heterocycles. The van der Waals surface area contributed by atoms with E-state index < -0.39 is 0 Å². The normalized spacial score (nSPS) is 10.5. The van der Waals surface area contributed by atoms with Crippen molar-refractivity contribution in [2.45, 2.75) is 65.2 Å². The molecule has 3 N–H and O–H groups in total. The summed E-state index contributed by atoms with van der Waals surface area (Å²) in [6.07, 6.45) is 9.22. The van der Waals surface area contributed by atoms with Crippen LogP contribution in [-0.4, -0.2) is 5.91 Å². The molecular weight excluding hydrogens is 248 g/mol. The van der Waals surface area contributed by atoms with E-state index in [-0.39, 0.29) is 5.91 Å². The van der Waals surface area contributed by atoms with Crippen LogP contribution < -0.4 is 11.1 Å². The lowest BCUT2D eigenvalue weighted by Crippen LogP contribution is -2.11. The molecule has 3 nitrogen and oxygen atoms in total. The summed E-state index contributed by atoms with van der Waals surface area (Å²) in [4.78, 5) is 11.8. The lowest BCUT2D eigenvalue weighted by atomic mass is 10.1. The van der Waals surface area contributed by atoms with E-state index in [1.54, 1.807) is 0 Å². The second-order valence-electron chi connectivity index (χ2n) is 5.49. The van der Waals surface area contributed by atoms with Crippen molar-refractivity contribution in [2.75, 3.05) is 11.1 Å². The second-order valence-corrected chi connectivity index (χ2v) is 5.49. The number of aryl methyl sites for hydroxylation is 1. The highest BCUT2D eigenvalue weighted by Crippen LogP contribution is 2.17. The monoisotopic (exact) mass is 276 g/mol. The van der Waals surface area contributed by atoms with Gasteiger partial charge in [-0.3, -0.25) is 4.79 Å². The predicted molar refractivity (Wildman–Crippen MR) is 86.8 cm³/mol. The summed E-state index contributed by atoms with van der Waals surface area (Å²) < 4.78 is 0. The summed E-state index contributed by atoms with van der Waals surface area (Å²) in [5, 5.41) is 2.93. The molecule has 0 aliphatic rings. The van der Waals surface area contributed by atoms with Crippen molar-refractivity contribution >= 4 is 17.3 Å². The smallest absolute Gasteiger partial charge is 0.224 e. The van der Waals surface area contributed by atoms with Gasteiger partial charge >= 0.3 is 0 Å². The molecule has 1 aromatic rings. The summed E-state index contributed by atoms with van der Waals surface area (Å²) >= 11 is 0. The zero-order chi connectivity index (χ0) is 14.8. The Morgan fingerprint density at radius 3 is 2.40 bits per heavy atom. The third-order valence-corrected chi connectivity index (χ3v) is 3.56. The molecule has 0 fully saturated rings. The van der Waals surface area contributed by atoms with Gasteiger partial charge in [-0.05, 0) is 37.1 Å². The fraction of sp³-hybridized carbons (Fsp3) is 0.588. The second kappa shape index (κ2) is 9.40. The van der Waals surface area contributed by atoms with Gasteiger partial charge in [0.2, 0.25) is 5.91 Å². The minimum absolute atomic E-state index is 0.0997. The van der Waals surface area contributed by atoms with E-state index in [0.29, 0.717) is 6.42 Å². The standard InChI is InChI=1S/C17H28N2O/c1-3-4-5-6-7-8-9-10-17(20)19-15-11-12-16(18)14(2)13-15/h11-13H,3-10,18H2,1-2H3,(H,19,20). The van der Waals surface area contributed by atoms with E-state index >= 15 is 0 Å². The number of nitrogen functional groups attached to an aromatic ring is 1. The van der Waals surface area contributed by atoms with Gasteiger partial charge < -0.3 is 11.1 Å². The number of anilines is 2. The number of nitrogens with two attached hydrogens (primary N) is 1. The number of unbranched alkanes of at least 4 members (excludes halogenated alkanes) is 6. The molecule has 112 valence electrons. The van der Waals surface area contributed by atoms with Gasteiger partial charge in [-0.25, -0.2) is 0 Å². The Hall–Kier alpha value is -1.51. The minimum Gasteiger partial charge on any atom is -0.399 e. The highest BCUT2D eigenvalue weighted by Gasteiger charge is 2.03. The molecule has 0 heterocycles. The molecule has 3 heteroatoms. The van der Waals surface area contributed by atoms with Gasteiger partial charge in [-0.1, -0.05) is 45.4 Å². The molecule has 1 aromatic carbocycles. The van der Waals surface area contributed by atoms with E-state index in [2.05, 4.69) is 12.2 Å². The molecular formula is C17H28N2O. The topological polar surface area (TPSA) is 55.1 Å². The number of carbonyl (C=O) groups excluding carboxylic acids is 1. The first-order valence-corrected chi connectivity index (χ1v) is 7.79. The van der Waals surface area contributed by atoms with E-state index in [0.717, 1.165) is 29.8 Å². The molecule has 1 amide bonds. The number of hydrogen-bond donors (Lipinski definition) is 2. The first-order chi connectivity index (χ1) is 9.63. The summed E-state index contributed by atoms with van der Waals surface area (Å²) in [5.41, 5.74) is 8.35. The van der Waals surface area contributed by atoms with Crippen molar-refractivity contribution < 1.29 is 4.79 Å². The van der Waals surface area contributed by atoms with Crippen LogP contribution in [0.25, 0.3) is 0 Å². The molecule has 0 aliphatic heterocycles. The van der Waals surface area contributed by atoms with Crippen molar-refractivity contribution in [1.29, 1.82) is 0 Å². The molecule has 0 atom stereocenters. The molecule has 0 bridgehead atoms. The lowest BCUT2D eigenvalue weighted by molar-refractivity contribution is -0.116. The molecule has 0 aliphatic carbocycles. The van der Waals surface area contributed by atoms with Crippen LogP contribution in [0.3, 0.4) is 0 Å². The van der Waals surface area contributed by atoms with Gasteiger partial charge in [0.25, 0.3) is 0 Å². The Bertz CT molecular complexity index is 415. The molecule has 20 heavy (non-hydrogen) atoms. The van der Waals surface area contributed by atoms with Gasteiger partial charge in [0.1, 0.15) is 0 Å². The maximum atomic E-state index is 11.8. The van der Waals surface area contributed by atoms with Gasteiger partial charge in [0, 0.05) is 17.8 Å². The molecule has 0 radical (unpaired) electrons. The SMILES string of the molecule is CCCCCCCCCC(=O)Nc1ccc(N)c(C)c1. The lowest BCUT2D eigenvalue weighted by Gasteiger charge is -2.07. The van der Waals surface area contributed by atoms with Gasteiger partial charge in [0.05, 0.1) is 0 Å². The van der Waals surface area contributed by atoms with Crippen LogP contribution in [0, 0.1) is 6.92 Å². The van der Waals surface area contributed by atoms with Gasteiger partial charge in [-0.2, -0.15) is 0 Å². The van der Waals surface area contributed by atoms with Crippen molar-refractivity contribution in [2.24, 2.45) is 0 Å². The highest BCUT2D eigenvalue weighted by atomic mass is 16.1. The third-order valence-electron chi connectivity index (χ3n) is 3.56. The Balaban J connectivity index is 2.15. The van der Waals surface area contributed by atoms with Crippen LogP contribution in [-0.2, 0) is 4.79 Å². The van der Waals surface area contributed by atoms with Crippen LogP contribution >= 0.6 is 0 Å². The highest BCUT2D eigenvalue weighted by molar-refractivity contribution is 5.91. The maximum Gasteiger partial charge on any atom is 0.224 e. The number of carbonyl (C=O) groups is 1. The van der Waals surface area contributed by atoms with Crippen LogP contribution in [0.5, 0.6) is 0 Å². The summed E-state index contributed by atoms with van der Waals surface area (Å²) in [6, 6.07) is 5.60. The Kier molecular flexibility index (Phi) is 7.78. The predicted octanol–water partition coefficient (Wildman–Crippen LogP) is 4.66. The molecule has 0 aromatic heterocycles. The minimum atomic E-state index is 0.0997. The van der Waals surface area contributed by atoms with Gasteiger partial charge in [0.15, 0.2) is 0 Å². The van der Waals surface area contributed by atoms with E-state index in [9.17, 15) is 4.79 Å². The number of benzene rings is 1. The average Bonchev–Trinajstić information content (AvgIpc) is 2.42. The first-order valence-electron chi connectivity index (χ1n) is 7.79. The molecule has 1 rings (SSSR count). The Morgan fingerprint density at radius 1 is 1.10 bits per heavy atom. The fourth-order valence-corrected chi connectivity index (χ4v) is 2.22. The number of nitrogens with one attached hydrogen (secondary N) is 1. The van der Waals surface area contributed by atoms with E-state index in [1.165, 1.54) is 32.1 Å². The fourth-order valence-electron chi connectivity index (χ4n) is 2.22. The van der Waals surface area contributed by atoms with Crippen LogP contribution in [0.4, 0.5) is 11.4 Å². The molecule has 0 unspecified atom stereocenters. The number of hydrogen-bond acceptors (Lipinski definition) is 2. The summed E-state index contributed by atoms with van der Waals surface area (Å²) in [6.45, 7) is 4.17. The van der Waals surface area contributed by atoms with Crippen molar-refractivity contribution in [1.82, 2.24) is 0 Å². The Morgan fingerprint density at radius 2 is 1.75 bits per heavy atom. The van der Waals surface area contributed by atoms with Crippen molar-refractivity contribution in [3.05, 3.63) is 23.8 Å². The summed E-state index contributed by atoms with van der Waals surface area (Å²) in [7, 11) is 0. The molecule has 0 spiro atoms. The van der Waals surface area contributed by atoms with Crippen LogP contribution in [0.2, 0.25) is 0 Å². The first kappa shape index (κ1) is 16.5. The zero-order valence-corrected chi connectivity index (χ0v) is 12.9. The number of rotatable bonds is 9. The van der Waals surface area contributed by atoms with Crippen LogP contribution in [0.1, 0.15) is 63.9 Å².